The number of hydrogen-bond donors (Lipinski definition) is 0. The Labute approximate surface area is 132 Å². The number of fused-ring (bicyclic) bond motifs is 1. The summed E-state index contributed by atoms with van der Waals surface area (Å²) in [7, 11) is 0. The lowest BCUT2D eigenvalue weighted by Crippen LogP contribution is -2.12. The second-order valence-electron chi connectivity index (χ2n) is 6.13. The summed E-state index contributed by atoms with van der Waals surface area (Å²) in [6.45, 7) is 6.67. The summed E-state index contributed by atoms with van der Waals surface area (Å²) in [5.41, 5.74) is 5.07. The molecular weight excluding hydrogens is 268 g/mol. The van der Waals surface area contributed by atoms with Gasteiger partial charge >= 0.3 is 0 Å². The van der Waals surface area contributed by atoms with Crippen LogP contribution in [-0.4, -0.2) is 9.55 Å². The third-order valence-corrected chi connectivity index (χ3v) is 4.28. The minimum Gasteiger partial charge on any atom is -0.325 e. The van der Waals surface area contributed by atoms with E-state index in [2.05, 4.69) is 73.9 Å². The van der Waals surface area contributed by atoms with Crippen molar-refractivity contribution in [2.24, 2.45) is 0 Å². The largest absolute Gasteiger partial charge is 0.325 e. The Morgan fingerprint density at radius 3 is 2.55 bits per heavy atom. The van der Waals surface area contributed by atoms with E-state index in [-0.39, 0.29) is 0 Å². The van der Waals surface area contributed by atoms with Crippen molar-refractivity contribution in [2.45, 2.75) is 46.1 Å². The van der Waals surface area contributed by atoms with Crippen LogP contribution in [-0.2, 0) is 12.8 Å². The van der Waals surface area contributed by atoms with Crippen LogP contribution in [0, 0.1) is 6.92 Å². The van der Waals surface area contributed by atoms with Gasteiger partial charge in [-0.25, -0.2) is 4.98 Å². The van der Waals surface area contributed by atoms with Gasteiger partial charge in [0.1, 0.15) is 5.82 Å². The summed E-state index contributed by atoms with van der Waals surface area (Å²) in [5.74, 6) is 1.22. The Hall–Kier alpha value is -2.09. The van der Waals surface area contributed by atoms with Crippen LogP contribution in [0.2, 0.25) is 0 Å². The predicted molar refractivity (Wildman–Crippen MR) is 93.3 cm³/mol. The number of nitrogens with zero attached hydrogens (tertiary/aromatic N) is 2. The van der Waals surface area contributed by atoms with E-state index in [9.17, 15) is 0 Å². The first kappa shape index (κ1) is 14.8. The lowest BCUT2D eigenvalue weighted by molar-refractivity contribution is 0.532. The number of aryl methyl sites for hydroxylation is 2. The van der Waals surface area contributed by atoms with Crippen molar-refractivity contribution in [1.29, 1.82) is 0 Å². The van der Waals surface area contributed by atoms with Gasteiger partial charge in [0.2, 0.25) is 0 Å². The van der Waals surface area contributed by atoms with Crippen molar-refractivity contribution in [3.63, 3.8) is 0 Å². The normalized spacial score (nSPS) is 12.7. The standard InChI is InChI=1S/C20H24N2/c1-4-9-19-21-20-15(2)10-8-13-18(20)22(19)16(3)14-17-11-6-5-7-12-17/h5-8,10-13,16H,4,9,14H2,1-3H3. The van der Waals surface area contributed by atoms with Gasteiger partial charge in [-0.3, -0.25) is 0 Å². The van der Waals surface area contributed by atoms with Crippen LogP contribution in [0.4, 0.5) is 0 Å². The first-order valence-electron chi connectivity index (χ1n) is 8.21. The molecule has 0 bridgehead atoms. The maximum absolute atomic E-state index is 4.93. The Morgan fingerprint density at radius 1 is 1.05 bits per heavy atom. The highest BCUT2D eigenvalue weighted by atomic mass is 15.1. The van der Waals surface area contributed by atoms with E-state index in [1.807, 2.05) is 0 Å². The fourth-order valence-electron chi connectivity index (χ4n) is 3.24. The van der Waals surface area contributed by atoms with Crippen molar-refractivity contribution in [3.05, 3.63) is 65.5 Å². The number of imidazole rings is 1. The van der Waals surface area contributed by atoms with Gasteiger partial charge in [0, 0.05) is 12.5 Å². The molecule has 2 aromatic carbocycles. The van der Waals surface area contributed by atoms with E-state index < -0.39 is 0 Å². The minimum atomic E-state index is 0.413. The van der Waals surface area contributed by atoms with Crippen LogP contribution >= 0.6 is 0 Å². The molecule has 0 aliphatic rings. The van der Waals surface area contributed by atoms with E-state index in [0.717, 1.165) is 24.8 Å². The highest BCUT2D eigenvalue weighted by molar-refractivity contribution is 5.79. The van der Waals surface area contributed by atoms with E-state index in [4.69, 9.17) is 4.98 Å². The lowest BCUT2D eigenvalue weighted by Gasteiger charge is -2.18. The molecular formula is C20H24N2. The van der Waals surface area contributed by atoms with E-state index in [1.165, 1.54) is 22.5 Å². The fraction of sp³-hybridized carbons (Fsp3) is 0.350. The molecule has 114 valence electrons. The van der Waals surface area contributed by atoms with Crippen LogP contribution in [0.1, 0.15) is 43.3 Å². The molecule has 1 heterocycles. The average molecular weight is 292 g/mol. The lowest BCUT2D eigenvalue weighted by atomic mass is 10.1. The molecule has 2 heteroatoms. The zero-order valence-electron chi connectivity index (χ0n) is 13.7. The molecule has 0 fully saturated rings. The molecule has 2 nitrogen and oxygen atoms in total. The van der Waals surface area contributed by atoms with Crippen molar-refractivity contribution >= 4 is 11.0 Å². The summed E-state index contributed by atoms with van der Waals surface area (Å²) < 4.78 is 2.44. The molecule has 3 aromatic rings. The Balaban J connectivity index is 2.04. The zero-order valence-corrected chi connectivity index (χ0v) is 13.7. The Morgan fingerprint density at radius 2 is 1.82 bits per heavy atom. The molecule has 0 spiro atoms. The number of aromatic nitrogens is 2. The molecule has 0 aliphatic carbocycles. The maximum atomic E-state index is 4.93. The summed E-state index contributed by atoms with van der Waals surface area (Å²) in [6, 6.07) is 17.6. The minimum absolute atomic E-state index is 0.413. The first-order valence-corrected chi connectivity index (χ1v) is 8.21. The Kier molecular flexibility index (Phi) is 4.28. The fourth-order valence-corrected chi connectivity index (χ4v) is 3.24. The number of hydrogen-bond acceptors (Lipinski definition) is 1. The van der Waals surface area contributed by atoms with Crippen molar-refractivity contribution in [2.75, 3.05) is 0 Å². The molecule has 0 aliphatic heterocycles. The predicted octanol–water partition coefficient (Wildman–Crippen LogP) is 5.10. The summed E-state index contributed by atoms with van der Waals surface area (Å²) in [5, 5.41) is 0. The van der Waals surface area contributed by atoms with Gasteiger partial charge in [-0.2, -0.15) is 0 Å². The molecule has 0 radical (unpaired) electrons. The smallest absolute Gasteiger partial charge is 0.110 e. The topological polar surface area (TPSA) is 17.8 Å². The zero-order chi connectivity index (χ0) is 15.5. The van der Waals surface area contributed by atoms with Crippen molar-refractivity contribution in [3.8, 4) is 0 Å². The molecule has 0 N–H and O–H groups in total. The van der Waals surface area contributed by atoms with E-state index >= 15 is 0 Å². The molecule has 3 rings (SSSR count). The maximum Gasteiger partial charge on any atom is 0.110 e. The number of benzene rings is 2. The quantitative estimate of drug-likeness (QED) is 0.639. The van der Waals surface area contributed by atoms with Gasteiger partial charge in [-0.15, -0.1) is 0 Å². The summed E-state index contributed by atoms with van der Waals surface area (Å²) in [4.78, 5) is 4.93. The molecule has 0 amide bonds. The van der Waals surface area contributed by atoms with Crippen molar-refractivity contribution < 1.29 is 0 Å². The van der Waals surface area contributed by atoms with Crippen LogP contribution in [0.3, 0.4) is 0 Å². The van der Waals surface area contributed by atoms with Gasteiger partial charge in [-0.1, -0.05) is 49.4 Å². The second kappa shape index (κ2) is 6.35. The van der Waals surface area contributed by atoms with Gasteiger partial charge in [-0.05, 0) is 43.9 Å². The highest BCUT2D eigenvalue weighted by Gasteiger charge is 2.16. The molecule has 1 aromatic heterocycles. The van der Waals surface area contributed by atoms with Crippen LogP contribution in [0.15, 0.2) is 48.5 Å². The third-order valence-electron chi connectivity index (χ3n) is 4.28. The molecule has 1 atom stereocenters. The van der Waals surface area contributed by atoms with Crippen LogP contribution in [0.25, 0.3) is 11.0 Å². The molecule has 0 saturated heterocycles. The number of rotatable bonds is 5. The van der Waals surface area contributed by atoms with Gasteiger partial charge in [0.05, 0.1) is 11.0 Å². The van der Waals surface area contributed by atoms with Crippen LogP contribution < -0.4 is 0 Å². The highest BCUT2D eigenvalue weighted by Crippen LogP contribution is 2.26. The number of para-hydroxylation sites is 1. The monoisotopic (exact) mass is 292 g/mol. The SMILES string of the molecule is CCCc1nc2c(C)cccc2n1C(C)Cc1ccccc1. The van der Waals surface area contributed by atoms with Gasteiger partial charge < -0.3 is 4.57 Å². The average Bonchev–Trinajstić information content (AvgIpc) is 2.88. The summed E-state index contributed by atoms with van der Waals surface area (Å²) >= 11 is 0. The van der Waals surface area contributed by atoms with E-state index in [1.54, 1.807) is 0 Å². The van der Waals surface area contributed by atoms with Crippen molar-refractivity contribution in [1.82, 2.24) is 9.55 Å². The van der Waals surface area contributed by atoms with Gasteiger partial charge in [0.25, 0.3) is 0 Å². The van der Waals surface area contributed by atoms with Gasteiger partial charge in [0.15, 0.2) is 0 Å². The third kappa shape index (κ3) is 2.78. The van der Waals surface area contributed by atoms with Crippen LogP contribution in [0.5, 0.6) is 0 Å². The summed E-state index contributed by atoms with van der Waals surface area (Å²) in [6.07, 6.45) is 3.20. The second-order valence-corrected chi connectivity index (χ2v) is 6.13. The van der Waals surface area contributed by atoms with E-state index in [0.29, 0.717) is 6.04 Å². The Bertz CT molecular complexity index is 756. The molecule has 0 saturated carbocycles. The first-order chi connectivity index (χ1) is 10.7. The molecule has 22 heavy (non-hydrogen) atoms. The molecule has 1 unspecified atom stereocenters.